The Kier molecular flexibility index (Phi) is 5.66. The zero-order valence-corrected chi connectivity index (χ0v) is 14.7. The van der Waals surface area contributed by atoms with Crippen molar-refractivity contribution < 1.29 is 23.1 Å². The van der Waals surface area contributed by atoms with Crippen LogP contribution in [0, 0.1) is 0 Å². The Morgan fingerprint density at radius 3 is 2.63 bits per heavy atom. The number of benzene rings is 2. The number of nitrogens with zero attached hydrogens (tertiary/aromatic N) is 2. The van der Waals surface area contributed by atoms with Crippen LogP contribution >= 0.6 is 0 Å². The minimum absolute atomic E-state index is 0.0245. The molecule has 6 nitrogen and oxygen atoms in total. The monoisotopic (exact) mass is 375 g/mol. The van der Waals surface area contributed by atoms with Crippen molar-refractivity contribution in [3.05, 3.63) is 54.1 Å². The zero-order valence-electron chi connectivity index (χ0n) is 14.7. The molecule has 0 saturated carbocycles. The number of halogens is 2. The van der Waals surface area contributed by atoms with E-state index in [2.05, 4.69) is 10.1 Å². The van der Waals surface area contributed by atoms with Crippen LogP contribution in [0.1, 0.15) is 5.56 Å². The van der Waals surface area contributed by atoms with Gasteiger partial charge in [-0.05, 0) is 36.9 Å². The number of fused-ring (bicyclic) bond motifs is 1. The smallest absolute Gasteiger partial charge is 0.387 e. The summed E-state index contributed by atoms with van der Waals surface area (Å²) in [5, 5.41) is 2.74. The highest BCUT2D eigenvalue weighted by Crippen LogP contribution is 2.29. The highest BCUT2D eigenvalue weighted by molar-refractivity contribution is 6.10. The fourth-order valence-electron chi connectivity index (χ4n) is 2.92. The molecule has 0 aliphatic carbocycles. The Morgan fingerprint density at radius 1 is 1.22 bits per heavy atom. The third kappa shape index (κ3) is 4.79. The zero-order chi connectivity index (χ0) is 19.4. The molecule has 1 N–H and O–H groups in total. The summed E-state index contributed by atoms with van der Waals surface area (Å²) in [4.78, 5) is 27.8. The van der Waals surface area contributed by atoms with Crippen molar-refractivity contribution in [1.29, 1.82) is 0 Å². The topological polar surface area (TPSA) is 61.9 Å². The van der Waals surface area contributed by atoms with Gasteiger partial charge in [0.2, 0.25) is 11.8 Å². The van der Waals surface area contributed by atoms with Gasteiger partial charge >= 0.3 is 6.61 Å². The number of hydrogen-bond donors (Lipinski definition) is 1. The van der Waals surface area contributed by atoms with Gasteiger partial charge in [0.15, 0.2) is 0 Å². The first-order chi connectivity index (χ1) is 12.9. The lowest BCUT2D eigenvalue weighted by atomic mass is 10.2. The summed E-state index contributed by atoms with van der Waals surface area (Å²) in [6.07, 6.45) is 0. The summed E-state index contributed by atoms with van der Waals surface area (Å²) in [5.41, 5.74) is 2.13. The van der Waals surface area contributed by atoms with Crippen molar-refractivity contribution in [1.82, 2.24) is 4.90 Å². The third-order valence-corrected chi connectivity index (χ3v) is 4.08. The lowest BCUT2D eigenvalue weighted by Crippen LogP contribution is -2.45. The predicted molar refractivity (Wildman–Crippen MR) is 96.8 cm³/mol. The van der Waals surface area contributed by atoms with Gasteiger partial charge in [-0.25, -0.2) is 0 Å². The van der Waals surface area contributed by atoms with Gasteiger partial charge in [0.1, 0.15) is 12.3 Å². The van der Waals surface area contributed by atoms with Crippen molar-refractivity contribution in [3.63, 3.8) is 0 Å². The predicted octanol–water partition coefficient (Wildman–Crippen LogP) is 2.71. The molecule has 8 heteroatoms. The number of rotatable bonds is 6. The van der Waals surface area contributed by atoms with Crippen LogP contribution in [-0.4, -0.2) is 43.5 Å². The van der Waals surface area contributed by atoms with Crippen molar-refractivity contribution in [2.24, 2.45) is 0 Å². The molecule has 2 aromatic rings. The minimum atomic E-state index is -2.86. The SMILES string of the molecule is CN(CC(=O)N1CC(=O)Nc2ccccc21)Cc1ccc(OC(F)F)cc1. The molecule has 0 unspecified atom stereocenters. The number of carbonyl (C=O) groups is 2. The van der Waals surface area contributed by atoms with E-state index in [4.69, 9.17) is 0 Å². The van der Waals surface area contributed by atoms with E-state index in [0.717, 1.165) is 5.56 Å². The van der Waals surface area contributed by atoms with Crippen LogP contribution < -0.4 is 15.0 Å². The summed E-state index contributed by atoms with van der Waals surface area (Å²) in [5.74, 6) is -0.347. The lowest BCUT2D eigenvalue weighted by Gasteiger charge is -2.30. The number of amides is 2. The Labute approximate surface area is 155 Å². The first-order valence-corrected chi connectivity index (χ1v) is 8.34. The molecule has 27 heavy (non-hydrogen) atoms. The summed E-state index contributed by atoms with van der Waals surface area (Å²) in [6, 6.07) is 13.4. The number of anilines is 2. The molecule has 0 radical (unpaired) electrons. The molecule has 1 aliphatic heterocycles. The average Bonchev–Trinajstić information content (AvgIpc) is 2.62. The summed E-state index contributed by atoms with van der Waals surface area (Å²) in [6.45, 7) is -2.33. The Morgan fingerprint density at radius 2 is 1.93 bits per heavy atom. The van der Waals surface area contributed by atoms with Crippen LogP contribution in [0.2, 0.25) is 0 Å². The standard InChI is InChI=1S/C19H19F2N3O3/c1-23(10-13-6-8-14(9-7-13)27-19(20)21)12-18(26)24-11-17(25)22-15-4-2-3-5-16(15)24/h2-9,19H,10-12H2,1H3,(H,22,25). The van der Waals surface area contributed by atoms with E-state index in [-0.39, 0.29) is 30.7 Å². The number of para-hydroxylation sites is 2. The molecule has 0 spiro atoms. The molecule has 0 fully saturated rings. The molecule has 2 aromatic carbocycles. The van der Waals surface area contributed by atoms with Crippen LogP contribution in [0.15, 0.2) is 48.5 Å². The third-order valence-electron chi connectivity index (χ3n) is 4.08. The Balaban J connectivity index is 1.62. The van der Waals surface area contributed by atoms with Crippen LogP contribution in [0.25, 0.3) is 0 Å². The fourth-order valence-corrected chi connectivity index (χ4v) is 2.92. The Hall–Kier alpha value is -3.00. The number of carbonyl (C=O) groups excluding carboxylic acids is 2. The number of likely N-dealkylation sites (N-methyl/N-ethyl adjacent to an activating group) is 1. The molecule has 0 aromatic heterocycles. The maximum absolute atomic E-state index is 12.7. The quantitative estimate of drug-likeness (QED) is 0.843. The molecular formula is C19H19F2N3O3. The Bertz CT molecular complexity index is 827. The number of nitrogens with one attached hydrogen (secondary N) is 1. The molecule has 1 aliphatic rings. The van der Waals surface area contributed by atoms with Crippen molar-refractivity contribution in [2.45, 2.75) is 13.2 Å². The number of alkyl halides is 2. The van der Waals surface area contributed by atoms with E-state index in [9.17, 15) is 18.4 Å². The molecular weight excluding hydrogens is 356 g/mol. The van der Waals surface area contributed by atoms with Gasteiger partial charge < -0.3 is 10.1 Å². The van der Waals surface area contributed by atoms with Crippen LogP contribution in [-0.2, 0) is 16.1 Å². The molecule has 3 rings (SSSR count). The van der Waals surface area contributed by atoms with Gasteiger partial charge in [0.25, 0.3) is 0 Å². The van der Waals surface area contributed by atoms with E-state index in [1.54, 1.807) is 42.3 Å². The van der Waals surface area contributed by atoms with Crippen LogP contribution in [0.4, 0.5) is 20.2 Å². The summed E-state index contributed by atoms with van der Waals surface area (Å²) >= 11 is 0. The van der Waals surface area contributed by atoms with Gasteiger partial charge in [-0.2, -0.15) is 8.78 Å². The summed E-state index contributed by atoms with van der Waals surface area (Å²) in [7, 11) is 1.78. The van der Waals surface area contributed by atoms with Crippen LogP contribution in [0.5, 0.6) is 5.75 Å². The maximum atomic E-state index is 12.7. The van der Waals surface area contributed by atoms with Crippen molar-refractivity contribution >= 4 is 23.2 Å². The second-order valence-corrected chi connectivity index (χ2v) is 6.24. The van der Waals surface area contributed by atoms with E-state index < -0.39 is 6.61 Å². The first kappa shape index (κ1) is 18.8. The maximum Gasteiger partial charge on any atom is 0.387 e. The van der Waals surface area contributed by atoms with Gasteiger partial charge in [-0.15, -0.1) is 0 Å². The number of hydrogen-bond acceptors (Lipinski definition) is 4. The van der Waals surface area contributed by atoms with Gasteiger partial charge in [-0.3, -0.25) is 19.4 Å². The van der Waals surface area contributed by atoms with Crippen molar-refractivity contribution in [3.8, 4) is 5.75 Å². The van der Waals surface area contributed by atoms with Gasteiger partial charge in [0.05, 0.1) is 17.9 Å². The highest BCUT2D eigenvalue weighted by atomic mass is 19.3. The van der Waals surface area contributed by atoms with Crippen LogP contribution in [0.3, 0.4) is 0 Å². The van der Waals surface area contributed by atoms with Gasteiger partial charge in [-0.1, -0.05) is 24.3 Å². The largest absolute Gasteiger partial charge is 0.435 e. The molecule has 0 saturated heterocycles. The van der Waals surface area contributed by atoms with E-state index in [1.807, 2.05) is 6.07 Å². The van der Waals surface area contributed by atoms with Crippen molar-refractivity contribution in [2.75, 3.05) is 30.4 Å². The normalized spacial score (nSPS) is 13.5. The summed E-state index contributed by atoms with van der Waals surface area (Å²) < 4.78 is 28.7. The minimum Gasteiger partial charge on any atom is -0.435 e. The van der Waals surface area contributed by atoms with E-state index >= 15 is 0 Å². The number of ether oxygens (including phenoxy) is 1. The second kappa shape index (κ2) is 8.13. The van der Waals surface area contributed by atoms with Gasteiger partial charge in [0, 0.05) is 6.54 Å². The van der Waals surface area contributed by atoms with E-state index in [1.165, 1.54) is 17.0 Å². The highest BCUT2D eigenvalue weighted by Gasteiger charge is 2.27. The molecule has 0 bridgehead atoms. The lowest BCUT2D eigenvalue weighted by molar-refractivity contribution is -0.122. The fraction of sp³-hybridized carbons (Fsp3) is 0.263. The average molecular weight is 375 g/mol. The molecule has 142 valence electrons. The van der Waals surface area contributed by atoms with E-state index in [0.29, 0.717) is 17.9 Å². The first-order valence-electron chi connectivity index (χ1n) is 8.34. The second-order valence-electron chi connectivity index (χ2n) is 6.24. The molecule has 0 atom stereocenters. The molecule has 1 heterocycles. The molecule has 2 amide bonds.